The van der Waals surface area contributed by atoms with E-state index < -0.39 is 17.5 Å². The molecule has 0 radical (unpaired) electrons. The number of amides is 4. The molecular weight excluding hydrogens is 314 g/mol. The van der Waals surface area contributed by atoms with Gasteiger partial charge in [-0.2, -0.15) is 0 Å². The predicted molar refractivity (Wildman–Crippen MR) is 85.4 cm³/mol. The van der Waals surface area contributed by atoms with Crippen LogP contribution < -0.4 is 10.6 Å². The Labute approximate surface area is 139 Å². The molecule has 4 amide bonds. The van der Waals surface area contributed by atoms with Gasteiger partial charge < -0.3 is 15.4 Å². The second-order valence-electron chi connectivity index (χ2n) is 5.88. The van der Waals surface area contributed by atoms with Crippen LogP contribution in [0.25, 0.3) is 0 Å². The van der Waals surface area contributed by atoms with Gasteiger partial charge in [-0.05, 0) is 32.0 Å². The van der Waals surface area contributed by atoms with Gasteiger partial charge in [0.2, 0.25) is 5.91 Å². The molecule has 0 aromatic heterocycles. The van der Waals surface area contributed by atoms with E-state index in [2.05, 4.69) is 15.4 Å². The first-order valence-electron chi connectivity index (χ1n) is 7.37. The van der Waals surface area contributed by atoms with Gasteiger partial charge in [-0.1, -0.05) is 6.07 Å². The van der Waals surface area contributed by atoms with Crippen molar-refractivity contribution in [3.8, 4) is 0 Å². The van der Waals surface area contributed by atoms with Crippen molar-refractivity contribution in [2.24, 2.45) is 0 Å². The number of nitrogens with one attached hydrogen (secondary N) is 2. The molecular formula is C16H19N3O5. The Hall–Kier alpha value is -2.90. The van der Waals surface area contributed by atoms with Crippen molar-refractivity contribution in [1.82, 2.24) is 10.2 Å². The molecule has 1 aliphatic heterocycles. The summed E-state index contributed by atoms with van der Waals surface area (Å²) in [7, 11) is 1.27. The van der Waals surface area contributed by atoms with E-state index in [0.29, 0.717) is 11.3 Å². The quantitative estimate of drug-likeness (QED) is 0.621. The Morgan fingerprint density at radius 2 is 2.00 bits per heavy atom. The first kappa shape index (κ1) is 17.5. The van der Waals surface area contributed by atoms with Gasteiger partial charge in [-0.15, -0.1) is 0 Å². The van der Waals surface area contributed by atoms with Crippen molar-refractivity contribution in [3.05, 3.63) is 29.8 Å². The lowest BCUT2D eigenvalue weighted by Gasteiger charge is -2.15. The fourth-order valence-corrected chi connectivity index (χ4v) is 2.30. The maximum atomic E-state index is 12.0. The topological polar surface area (TPSA) is 105 Å². The molecule has 1 fully saturated rings. The fourth-order valence-electron chi connectivity index (χ4n) is 2.30. The summed E-state index contributed by atoms with van der Waals surface area (Å²) >= 11 is 0. The van der Waals surface area contributed by atoms with Crippen LogP contribution in [0, 0.1) is 0 Å². The van der Waals surface area contributed by atoms with Crippen molar-refractivity contribution in [2.75, 3.05) is 19.0 Å². The Morgan fingerprint density at radius 3 is 2.58 bits per heavy atom. The summed E-state index contributed by atoms with van der Waals surface area (Å²) in [6.07, 6.45) is -0.0440. The van der Waals surface area contributed by atoms with Crippen LogP contribution in [0.2, 0.25) is 0 Å². The summed E-state index contributed by atoms with van der Waals surface area (Å²) in [5, 5.41) is 5.17. The number of carbonyl (C=O) groups is 4. The van der Waals surface area contributed by atoms with Crippen LogP contribution in [0.15, 0.2) is 24.3 Å². The lowest BCUT2D eigenvalue weighted by atomic mass is 10.1. The van der Waals surface area contributed by atoms with Crippen molar-refractivity contribution < 1.29 is 23.9 Å². The number of hydrogen-bond acceptors (Lipinski definition) is 5. The largest absolute Gasteiger partial charge is 0.465 e. The van der Waals surface area contributed by atoms with Crippen LogP contribution in [0.5, 0.6) is 0 Å². The summed E-state index contributed by atoms with van der Waals surface area (Å²) in [5.74, 6) is -1.25. The van der Waals surface area contributed by atoms with Crippen LogP contribution in [0.1, 0.15) is 30.6 Å². The van der Waals surface area contributed by atoms with Crippen molar-refractivity contribution >= 4 is 29.5 Å². The van der Waals surface area contributed by atoms with E-state index in [0.717, 1.165) is 4.90 Å². The SMILES string of the molecule is COC(=O)c1cccc(NC(=O)CCN2C(=O)NC(C)(C)C2=O)c1. The molecule has 1 aromatic carbocycles. The highest BCUT2D eigenvalue weighted by molar-refractivity contribution is 6.06. The van der Waals surface area contributed by atoms with Gasteiger partial charge >= 0.3 is 12.0 Å². The van der Waals surface area contributed by atoms with Gasteiger partial charge in [0.15, 0.2) is 0 Å². The number of rotatable bonds is 5. The zero-order valence-corrected chi connectivity index (χ0v) is 13.7. The normalized spacial score (nSPS) is 15.9. The number of benzene rings is 1. The lowest BCUT2D eigenvalue weighted by molar-refractivity contribution is -0.130. The third-order valence-corrected chi connectivity index (χ3v) is 3.57. The highest BCUT2D eigenvalue weighted by Crippen LogP contribution is 2.17. The minimum absolute atomic E-state index is 0.0172. The van der Waals surface area contributed by atoms with E-state index in [1.807, 2.05) is 0 Å². The van der Waals surface area contributed by atoms with Gasteiger partial charge in [0.25, 0.3) is 5.91 Å². The number of nitrogens with zero attached hydrogens (tertiary/aromatic N) is 1. The van der Waals surface area contributed by atoms with Crippen LogP contribution in [-0.2, 0) is 14.3 Å². The predicted octanol–water partition coefficient (Wildman–Crippen LogP) is 1.13. The average Bonchev–Trinajstić information content (AvgIpc) is 2.72. The second-order valence-corrected chi connectivity index (χ2v) is 5.88. The molecule has 8 nitrogen and oxygen atoms in total. The zero-order chi connectivity index (χ0) is 17.9. The van der Waals surface area contributed by atoms with E-state index in [9.17, 15) is 19.2 Å². The van der Waals surface area contributed by atoms with Gasteiger partial charge in [0.1, 0.15) is 5.54 Å². The minimum atomic E-state index is -0.956. The third kappa shape index (κ3) is 3.70. The number of carbonyl (C=O) groups excluding carboxylic acids is 4. The molecule has 0 saturated carbocycles. The Balaban J connectivity index is 1.94. The molecule has 1 saturated heterocycles. The van der Waals surface area contributed by atoms with Crippen molar-refractivity contribution in [2.45, 2.75) is 25.8 Å². The van der Waals surface area contributed by atoms with Crippen molar-refractivity contribution in [1.29, 1.82) is 0 Å². The van der Waals surface area contributed by atoms with Gasteiger partial charge in [0.05, 0.1) is 12.7 Å². The van der Waals surface area contributed by atoms with E-state index in [-0.39, 0.29) is 24.8 Å². The highest BCUT2D eigenvalue weighted by atomic mass is 16.5. The summed E-state index contributed by atoms with van der Waals surface area (Å²) in [6.45, 7) is 3.19. The maximum absolute atomic E-state index is 12.0. The van der Waals surface area contributed by atoms with Crippen LogP contribution >= 0.6 is 0 Å². The molecule has 1 aromatic rings. The minimum Gasteiger partial charge on any atom is -0.465 e. The number of esters is 1. The number of urea groups is 1. The summed E-state index contributed by atoms with van der Waals surface area (Å²) < 4.78 is 4.61. The van der Waals surface area contributed by atoms with Crippen LogP contribution in [-0.4, -0.2) is 47.9 Å². The molecule has 0 bridgehead atoms. The first-order valence-corrected chi connectivity index (χ1v) is 7.37. The van der Waals surface area contributed by atoms with Crippen molar-refractivity contribution in [3.63, 3.8) is 0 Å². The van der Waals surface area contributed by atoms with Gasteiger partial charge in [0, 0.05) is 18.7 Å². The number of hydrogen-bond donors (Lipinski definition) is 2. The van der Waals surface area contributed by atoms with Crippen LogP contribution in [0.4, 0.5) is 10.5 Å². The van der Waals surface area contributed by atoms with E-state index in [1.54, 1.807) is 32.0 Å². The first-order chi connectivity index (χ1) is 11.2. The van der Waals surface area contributed by atoms with E-state index >= 15 is 0 Å². The average molecular weight is 333 g/mol. The summed E-state index contributed by atoms with van der Waals surface area (Å²) in [6, 6.07) is 5.78. The monoisotopic (exact) mass is 333 g/mol. The molecule has 128 valence electrons. The second kappa shape index (κ2) is 6.69. The maximum Gasteiger partial charge on any atom is 0.337 e. The van der Waals surface area contributed by atoms with Gasteiger partial charge in [-0.3, -0.25) is 14.5 Å². The molecule has 2 rings (SSSR count). The molecule has 8 heteroatoms. The highest BCUT2D eigenvalue weighted by Gasteiger charge is 2.43. The smallest absolute Gasteiger partial charge is 0.337 e. The Bertz CT molecular complexity index is 699. The molecule has 0 atom stereocenters. The third-order valence-electron chi connectivity index (χ3n) is 3.57. The molecule has 24 heavy (non-hydrogen) atoms. The summed E-state index contributed by atoms with van der Waals surface area (Å²) in [4.78, 5) is 48.2. The number of anilines is 1. The molecule has 0 spiro atoms. The number of imide groups is 1. The Morgan fingerprint density at radius 1 is 1.29 bits per heavy atom. The van der Waals surface area contributed by atoms with E-state index in [4.69, 9.17) is 0 Å². The standard InChI is InChI=1S/C16H19N3O5/c1-16(2)14(22)19(15(23)18-16)8-7-12(20)17-11-6-4-5-10(9-11)13(21)24-3/h4-6,9H,7-8H2,1-3H3,(H,17,20)(H,18,23). The molecule has 0 unspecified atom stereocenters. The zero-order valence-electron chi connectivity index (χ0n) is 13.7. The molecule has 1 heterocycles. The summed E-state index contributed by atoms with van der Waals surface area (Å²) in [5.41, 5.74) is -0.214. The number of ether oxygens (including phenoxy) is 1. The molecule has 1 aliphatic rings. The molecule has 2 N–H and O–H groups in total. The van der Waals surface area contributed by atoms with Gasteiger partial charge in [-0.25, -0.2) is 9.59 Å². The van der Waals surface area contributed by atoms with E-state index in [1.165, 1.54) is 13.2 Å². The number of methoxy groups -OCH3 is 1. The molecule has 0 aliphatic carbocycles. The fraction of sp³-hybridized carbons (Fsp3) is 0.375. The van der Waals surface area contributed by atoms with Crippen LogP contribution in [0.3, 0.4) is 0 Å². The lowest BCUT2D eigenvalue weighted by Crippen LogP contribution is -2.40. The Kier molecular flexibility index (Phi) is 4.87.